The minimum atomic E-state index is -1.37. The fraction of sp³-hybridized carbons (Fsp3) is 0.462. The van der Waals surface area contributed by atoms with Crippen molar-refractivity contribution in [2.45, 2.75) is 30.6 Å². The first-order chi connectivity index (χ1) is 9.13. The number of aliphatic imine (C=N–C) groups is 1. The molecule has 0 amide bonds. The molecule has 2 rings (SSSR count). The highest BCUT2D eigenvalue weighted by Crippen LogP contribution is 2.22. The van der Waals surface area contributed by atoms with Crippen molar-refractivity contribution in [3.63, 3.8) is 0 Å². The lowest BCUT2D eigenvalue weighted by Crippen LogP contribution is -2.57. The molecule has 1 aliphatic rings. The summed E-state index contributed by atoms with van der Waals surface area (Å²) in [4.78, 5) is 4.04. The molecule has 104 valence electrons. The van der Waals surface area contributed by atoms with E-state index in [0.717, 1.165) is 5.56 Å². The molecule has 5 atom stereocenters. The van der Waals surface area contributed by atoms with Crippen LogP contribution < -0.4 is 0 Å². The normalized spacial score (nSPS) is 35.7. The molecule has 1 fully saturated rings. The summed E-state index contributed by atoms with van der Waals surface area (Å²) in [5.41, 5.74) is 0.806. The Morgan fingerprint density at radius 3 is 2.42 bits per heavy atom. The van der Waals surface area contributed by atoms with Crippen molar-refractivity contribution in [2.75, 3.05) is 6.61 Å². The average Bonchev–Trinajstić information content (AvgIpc) is 2.44. The quantitative estimate of drug-likeness (QED) is 0.521. The van der Waals surface area contributed by atoms with Gasteiger partial charge in [0.15, 0.2) is 6.29 Å². The highest BCUT2D eigenvalue weighted by molar-refractivity contribution is 5.79. The Balaban J connectivity index is 2.09. The first kappa shape index (κ1) is 14.1. The molecule has 0 radical (unpaired) electrons. The van der Waals surface area contributed by atoms with Gasteiger partial charge in [-0.2, -0.15) is 0 Å². The predicted molar refractivity (Wildman–Crippen MR) is 67.8 cm³/mol. The van der Waals surface area contributed by atoms with E-state index in [-0.39, 0.29) is 0 Å². The molecule has 0 aliphatic carbocycles. The van der Waals surface area contributed by atoms with Crippen LogP contribution in [-0.2, 0) is 4.74 Å². The number of hydrogen-bond donors (Lipinski definition) is 4. The highest BCUT2D eigenvalue weighted by Gasteiger charge is 2.43. The van der Waals surface area contributed by atoms with Gasteiger partial charge in [-0.05, 0) is 5.56 Å². The smallest absolute Gasteiger partial charge is 0.180 e. The van der Waals surface area contributed by atoms with E-state index in [1.54, 1.807) is 0 Å². The molecule has 0 bridgehead atoms. The Kier molecular flexibility index (Phi) is 4.62. The van der Waals surface area contributed by atoms with E-state index in [2.05, 4.69) is 4.99 Å². The van der Waals surface area contributed by atoms with Gasteiger partial charge in [-0.25, -0.2) is 0 Å². The van der Waals surface area contributed by atoms with Crippen molar-refractivity contribution in [2.24, 2.45) is 4.99 Å². The topological polar surface area (TPSA) is 103 Å². The average molecular weight is 267 g/mol. The molecule has 1 unspecified atom stereocenters. The molecule has 1 aliphatic heterocycles. The number of ether oxygens (including phenoxy) is 1. The number of benzene rings is 1. The van der Waals surface area contributed by atoms with Gasteiger partial charge in [-0.3, -0.25) is 4.99 Å². The maximum Gasteiger partial charge on any atom is 0.180 e. The SMILES string of the molecule is OC[C@H]1OC(O)[C@H](N=Cc2ccccc2)[C@@H](O)[C@@H]1O. The number of nitrogens with zero attached hydrogens (tertiary/aromatic N) is 1. The summed E-state index contributed by atoms with van der Waals surface area (Å²) in [5, 5.41) is 38.2. The summed E-state index contributed by atoms with van der Waals surface area (Å²) < 4.78 is 5.00. The second-order valence-corrected chi connectivity index (χ2v) is 4.41. The van der Waals surface area contributed by atoms with Gasteiger partial charge in [0.1, 0.15) is 24.4 Å². The summed E-state index contributed by atoms with van der Waals surface area (Å²) >= 11 is 0. The van der Waals surface area contributed by atoms with Crippen molar-refractivity contribution in [3.05, 3.63) is 35.9 Å². The third-order valence-electron chi connectivity index (χ3n) is 3.06. The van der Waals surface area contributed by atoms with Gasteiger partial charge < -0.3 is 25.2 Å². The van der Waals surface area contributed by atoms with Crippen molar-refractivity contribution in [1.29, 1.82) is 0 Å². The maximum absolute atomic E-state index is 9.87. The van der Waals surface area contributed by atoms with Gasteiger partial charge in [0, 0.05) is 6.21 Å². The third-order valence-corrected chi connectivity index (χ3v) is 3.06. The molecule has 6 heteroatoms. The monoisotopic (exact) mass is 267 g/mol. The van der Waals surface area contributed by atoms with Gasteiger partial charge in [0.05, 0.1) is 6.61 Å². The molecule has 1 saturated heterocycles. The zero-order valence-corrected chi connectivity index (χ0v) is 10.2. The summed E-state index contributed by atoms with van der Waals surface area (Å²) in [6.07, 6.45) is -3.46. The summed E-state index contributed by atoms with van der Waals surface area (Å²) in [5.74, 6) is 0. The molecule has 0 spiro atoms. The van der Waals surface area contributed by atoms with E-state index >= 15 is 0 Å². The maximum atomic E-state index is 9.87. The van der Waals surface area contributed by atoms with Crippen LogP contribution in [0.25, 0.3) is 0 Å². The lowest BCUT2D eigenvalue weighted by molar-refractivity contribution is -0.248. The molecule has 19 heavy (non-hydrogen) atoms. The lowest BCUT2D eigenvalue weighted by Gasteiger charge is -2.38. The Bertz CT molecular complexity index is 424. The molecule has 4 N–H and O–H groups in total. The number of aliphatic hydroxyl groups is 4. The van der Waals surface area contributed by atoms with Gasteiger partial charge in [-0.15, -0.1) is 0 Å². The van der Waals surface area contributed by atoms with E-state index in [9.17, 15) is 15.3 Å². The molecule has 1 aromatic rings. The molecule has 6 nitrogen and oxygen atoms in total. The Hall–Kier alpha value is -1.31. The third kappa shape index (κ3) is 3.17. The summed E-state index contributed by atoms with van der Waals surface area (Å²) in [7, 11) is 0. The molecule has 0 saturated carbocycles. The molecule has 1 heterocycles. The summed E-state index contributed by atoms with van der Waals surface area (Å²) in [6.45, 7) is -0.482. The van der Waals surface area contributed by atoms with Crippen molar-refractivity contribution in [1.82, 2.24) is 0 Å². The second kappa shape index (κ2) is 6.23. The van der Waals surface area contributed by atoms with Gasteiger partial charge in [-0.1, -0.05) is 30.3 Å². The van der Waals surface area contributed by atoms with E-state index < -0.39 is 37.3 Å². The van der Waals surface area contributed by atoms with Crippen LogP contribution in [0.4, 0.5) is 0 Å². The predicted octanol–water partition coefficient (Wildman–Crippen LogP) is -1.09. The van der Waals surface area contributed by atoms with Gasteiger partial charge in [0.2, 0.25) is 0 Å². The molecular weight excluding hydrogens is 250 g/mol. The minimum absolute atomic E-state index is 0.482. The fourth-order valence-electron chi connectivity index (χ4n) is 1.95. The van der Waals surface area contributed by atoms with E-state index in [1.165, 1.54) is 6.21 Å². The van der Waals surface area contributed by atoms with Crippen LogP contribution in [0, 0.1) is 0 Å². The van der Waals surface area contributed by atoms with Crippen molar-refractivity contribution >= 4 is 6.21 Å². The Labute approximate surface area is 110 Å². The Morgan fingerprint density at radius 2 is 1.79 bits per heavy atom. The van der Waals surface area contributed by atoms with E-state index in [1.807, 2.05) is 30.3 Å². The largest absolute Gasteiger partial charge is 0.394 e. The van der Waals surface area contributed by atoms with Crippen molar-refractivity contribution in [3.8, 4) is 0 Å². The van der Waals surface area contributed by atoms with E-state index in [0.29, 0.717) is 0 Å². The first-order valence-electron chi connectivity index (χ1n) is 6.02. The standard InChI is InChI=1S/C13H17NO5/c15-7-9-11(16)12(17)10(13(18)19-9)14-6-8-4-2-1-3-5-8/h1-6,9-13,15-18H,7H2/t9-,10-,11-,12-,13?/m1/s1. The zero-order valence-electron chi connectivity index (χ0n) is 10.2. The first-order valence-corrected chi connectivity index (χ1v) is 6.02. The van der Waals surface area contributed by atoms with Crippen LogP contribution in [0.5, 0.6) is 0 Å². The number of aliphatic hydroxyl groups excluding tert-OH is 4. The number of hydrogen-bond acceptors (Lipinski definition) is 6. The minimum Gasteiger partial charge on any atom is -0.394 e. The fourth-order valence-corrected chi connectivity index (χ4v) is 1.95. The molecular formula is C13H17NO5. The van der Waals surface area contributed by atoms with Gasteiger partial charge >= 0.3 is 0 Å². The van der Waals surface area contributed by atoms with Crippen LogP contribution in [0.1, 0.15) is 5.56 Å². The molecule has 0 aromatic heterocycles. The highest BCUT2D eigenvalue weighted by atomic mass is 16.6. The van der Waals surface area contributed by atoms with Crippen molar-refractivity contribution < 1.29 is 25.2 Å². The van der Waals surface area contributed by atoms with Crippen LogP contribution in [0.3, 0.4) is 0 Å². The number of rotatable bonds is 3. The van der Waals surface area contributed by atoms with Crippen LogP contribution in [-0.4, -0.2) is 63.9 Å². The lowest BCUT2D eigenvalue weighted by atomic mass is 9.97. The second-order valence-electron chi connectivity index (χ2n) is 4.41. The summed E-state index contributed by atoms with van der Waals surface area (Å²) in [6, 6.07) is 8.18. The van der Waals surface area contributed by atoms with Gasteiger partial charge in [0.25, 0.3) is 0 Å². The van der Waals surface area contributed by atoms with E-state index in [4.69, 9.17) is 9.84 Å². The molecule has 1 aromatic carbocycles. The Morgan fingerprint density at radius 1 is 1.11 bits per heavy atom. The zero-order chi connectivity index (χ0) is 13.8. The van der Waals surface area contributed by atoms with Crippen LogP contribution in [0.2, 0.25) is 0 Å². The van der Waals surface area contributed by atoms with Crippen LogP contribution in [0.15, 0.2) is 35.3 Å². The van der Waals surface area contributed by atoms with Crippen LogP contribution >= 0.6 is 0 Å².